The van der Waals surface area contributed by atoms with Crippen LogP contribution in [0.3, 0.4) is 0 Å². The number of fused-ring (bicyclic) bond motifs is 2. The lowest BCUT2D eigenvalue weighted by Crippen LogP contribution is -2.13. The first-order valence-electron chi connectivity index (χ1n) is 9.22. The maximum Gasteiger partial charge on any atom is 0.236 e. The molecule has 0 saturated heterocycles. The molecule has 0 bridgehead atoms. The van der Waals surface area contributed by atoms with E-state index in [1.54, 1.807) is 6.20 Å². The molecule has 0 atom stereocenters. The number of ether oxygens (including phenoxy) is 1. The zero-order valence-electron chi connectivity index (χ0n) is 15.7. The molecule has 8 heteroatoms. The van der Waals surface area contributed by atoms with Gasteiger partial charge in [-0.25, -0.2) is 9.97 Å². The van der Waals surface area contributed by atoms with Crippen LogP contribution in [-0.2, 0) is 4.79 Å². The largest absolute Gasteiger partial charge is 0.457 e. The number of anilines is 1. The zero-order chi connectivity index (χ0) is 20.3. The second-order valence-electron chi connectivity index (χ2n) is 6.47. The van der Waals surface area contributed by atoms with E-state index in [-0.39, 0.29) is 11.7 Å². The van der Waals surface area contributed by atoms with Gasteiger partial charge >= 0.3 is 0 Å². The summed E-state index contributed by atoms with van der Waals surface area (Å²) >= 11 is 2.74. The number of thiazole rings is 1. The fraction of sp³-hybridized carbons (Fsp3) is 0.0455. The van der Waals surface area contributed by atoms with Gasteiger partial charge in [-0.05, 0) is 23.6 Å². The molecule has 0 radical (unpaired) electrons. The van der Waals surface area contributed by atoms with Gasteiger partial charge in [0.2, 0.25) is 5.91 Å². The molecule has 0 aliphatic carbocycles. The van der Waals surface area contributed by atoms with Gasteiger partial charge < -0.3 is 15.0 Å². The summed E-state index contributed by atoms with van der Waals surface area (Å²) in [6.45, 7) is 0. The minimum absolute atomic E-state index is 0.115. The number of carbonyl (C=O) groups excluding carboxylic acids is 1. The molecule has 0 aliphatic rings. The lowest BCUT2D eigenvalue weighted by molar-refractivity contribution is -0.113. The number of H-pyrrole nitrogens is 1. The van der Waals surface area contributed by atoms with Crippen LogP contribution in [-0.4, -0.2) is 26.6 Å². The van der Waals surface area contributed by atoms with Crippen LogP contribution in [0.4, 0.5) is 5.13 Å². The second-order valence-corrected chi connectivity index (χ2v) is 8.33. The smallest absolute Gasteiger partial charge is 0.236 e. The Hall–Kier alpha value is -3.36. The molecule has 0 aliphatic heterocycles. The number of hydrogen-bond donors (Lipinski definition) is 2. The van der Waals surface area contributed by atoms with Crippen LogP contribution in [0, 0.1) is 0 Å². The Morgan fingerprint density at radius 1 is 1.13 bits per heavy atom. The van der Waals surface area contributed by atoms with E-state index in [1.807, 2.05) is 53.9 Å². The number of hydrogen-bond acceptors (Lipinski definition) is 6. The highest BCUT2D eigenvalue weighted by Gasteiger charge is 2.10. The van der Waals surface area contributed by atoms with E-state index in [2.05, 4.69) is 32.4 Å². The van der Waals surface area contributed by atoms with E-state index in [0.29, 0.717) is 10.3 Å². The number of rotatable bonds is 6. The molecule has 2 heterocycles. The van der Waals surface area contributed by atoms with E-state index in [0.717, 1.165) is 33.3 Å². The molecule has 5 aromatic rings. The van der Waals surface area contributed by atoms with Gasteiger partial charge in [0.15, 0.2) is 10.3 Å². The van der Waals surface area contributed by atoms with Crippen molar-refractivity contribution in [3.05, 3.63) is 72.2 Å². The monoisotopic (exact) mass is 432 g/mol. The summed E-state index contributed by atoms with van der Waals surface area (Å²) < 4.78 is 6.14. The normalized spacial score (nSPS) is 11.1. The summed E-state index contributed by atoms with van der Waals surface area (Å²) in [5, 5.41) is 8.06. The molecule has 3 aromatic carbocycles. The van der Waals surface area contributed by atoms with Gasteiger partial charge in [-0.15, -0.1) is 11.3 Å². The van der Waals surface area contributed by atoms with Crippen LogP contribution in [0.2, 0.25) is 0 Å². The Morgan fingerprint density at radius 3 is 2.93 bits per heavy atom. The Labute approximate surface area is 180 Å². The van der Waals surface area contributed by atoms with Crippen molar-refractivity contribution < 1.29 is 9.53 Å². The van der Waals surface area contributed by atoms with Crippen molar-refractivity contribution in [3.8, 4) is 11.5 Å². The van der Waals surface area contributed by atoms with Crippen LogP contribution in [0.5, 0.6) is 11.5 Å². The molecular formula is C22H16N4O2S2. The highest BCUT2D eigenvalue weighted by molar-refractivity contribution is 7.99. The fourth-order valence-electron chi connectivity index (χ4n) is 3.08. The third-order valence-electron chi connectivity index (χ3n) is 4.43. The number of nitrogens with one attached hydrogen (secondary N) is 2. The minimum atomic E-state index is -0.115. The van der Waals surface area contributed by atoms with Crippen molar-refractivity contribution in [1.82, 2.24) is 15.0 Å². The number of aromatic nitrogens is 3. The molecule has 6 nitrogen and oxygen atoms in total. The van der Waals surface area contributed by atoms with Crippen LogP contribution >= 0.6 is 23.1 Å². The molecule has 1 amide bonds. The summed E-state index contributed by atoms with van der Waals surface area (Å²) in [6, 6.07) is 19.9. The van der Waals surface area contributed by atoms with Gasteiger partial charge in [0.25, 0.3) is 0 Å². The number of benzene rings is 3. The molecule has 5 rings (SSSR count). The van der Waals surface area contributed by atoms with Crippen molar-refractivity contribution in [3.63, 3.8) is 0 Å². The third-order valence-corrected chi connectivity index (χ3v) is 5.99. The van der Waals surface area contributed by atoms with Crippen LogP contribution in [0.15, 0.2) is 77.4 Å². The van der Waals surface area contributed by atoms with Crippen LogP contribution < -0.4 is 10.1 Å². The molecule has 30 heavy (non-hydrogen) atoms. The summed E-state index contributed by atoms with van der Waals surface area (Å²) in [5.41, 5.74) is 1.68. The molecule has 0 unspecified atom stereocenters. The summed E-state index contributed by atoms with van der Waals surface area (Å²) in [6.07, 6.45) is 1.66. The minimum Gasteiger partial charge on any atom is -0.457 e. The van der Waals surface area contributed by atoms with Gasteiger partial charge in [-0.3, -0.25) is 4.79 Å². The average Bonchev–Trinajstić information content (AvgIpc) is 3.41. The fourth-order valence-corrected chi connectivity index (χ4v) is 4.31. The Bertz CT molecular complexity index is 1330. The van der Waals surface area contributed by atoms with Gasteiger partial charge in [0.05, 0.1) is 16.8 Å². The number of nitrogens with zero attached hydrogens (tertiary/aromatic N) is 2. The Morgan fingerprint density at radius 2 is 2.03 bits per heavy atom. The van der Waals surface area contributed by atoms with E-state index >= 15 is 0 Å². The van der Waals surface area contributed by atoms with Gasteiger partial charge in [0.1, 0.15) is 11.5 Å². The van der Waals surface area contributed by atoms with Crippen LogP contribution in [0.1, 0.15) is 0 Å². The highest BCUT2D eigenvalue weighted by Crippen LogP contribution is 2.31. The number of imidazole rings is 1. The Kier molecular flexibility index (Phi) is 5.08. The number of amides is 1. The maximum atomic E-state index is 12.0. The number of thioether (sulfide) groups is 1. The summed E-state index contributed by atoms with van der Waals surface area (Å²) in [5.74, 6) is 1.66. The Balaban J connectivity index is 1.31. The molecular weight excluding hydrogens is 416 g/mol. The summed E-state index contributed by atoms with van der Waals surface area (Å²) in [4.78, 5) is 23.9. The topological polar surface area (TPSA) is 79.9 Å². The maximum absolute atomic E-state index is 12.0. The quantitative estimate of drug-likeness (QED) is 0.337. The first-order chi connectivity index (χ1) is 14.7. The molecule has 2 N–H and O–H groups in total. The van der Waals surface area contributed by atoms with E-state index in [4.69, 9.17) is 4.74 Å². The van der Waals surface area contributed by atoms with Crippen molar-refractivity contribution in [2.45, 2.75) is 5.16 Å². The number of carbonyl (C=O) groups is 1. The predicted octanol–water partition coefficient (Wildman–Crippen LogP) is 5.70. The molecule has 0 fully saturated rings. The third kappa shape index (κ3) is 4.00. The average molecular weight is 433 g/mol. The van der Waals surface area contributed by atoms with E-state index in [9.17, 15) is 4.79 Å². The zero-order valence-corrected chi connectivity index (χ0v) is 17.3. The standard InChI is InChI=1S/C22H16N4O2S2/c27-20(26-21-23-10-11-29-21)13-30-22-24-17-9-8-15(12-18(17)25-22)28-19-7-3-5-14-4-1-2-6-16(14)19/h1-12H,13H2,(H,24,25)(H,23,26,27). The SMILES string of the molecule is O=C(CSc1nc2ccc(Oc3cccc4ccccc34)cc2[nH]1)Nc1nccs1. The van der Waals surface area contributed by atoms with Crippen LogP contribution in [0.25, 0.3) is 21.8 Å². The highest BCUT2D eigenvalue weighted by atomic mass is 32.2. The summed E-state index contributed by atoms with van der Waals surface area (Å²) in [7, 11) is 0. The van der Waals surface area contributed by atoms with Gasteiger partial charge in [-0.1, -0.05) is 48.2 Å². The van der Waals surface area contributed by atoms with Crippen molar-refractivity contribution in [1.29, 1.82) is 0 Å². The molecule has 0 saturated carbocycles. The number of aromatic amines is 1. The lowest BCUT2D eigenvalue weighted by Gasteiger charge is -2.08. The van der Waals surface area contributed by atoms with E-state index < -0.39 is 0 Å². The first-order valence-corrected chi connectivity index (χ1v) is 11.1. The molecule has 148 valence electrons. The first kappa shape index (κ1) is 18.7. The van der Waals surface area contributed by atoms with Crippen molar-refractivity contribution in [2.75, 3.05) is 11.1 Å². The van der Waals surface area contributed by atoms with E-state index in [1.165, 1.54) is 23.1 Å². The lowest BCUT2D eigenvalue weighted by atomic mass is 10.1. The molecule has 0 spiro atoms. The van der Waals surface area contributed by atoms with Gasteiger partial charge in [0, 0.05) is 23.0 Å². The molecule has 2 aromatic heterocycles. The van der Waals surface area contributed by atoms with Gasteiger partial charge in [-0.2, -0.15) is 0 Å². The van der Waals surface area contributed by atoms with Crippen molar-refractivity contribution >= 4 is 55.9 Å². The second kappa shape index (κ2) is 8.17. The predicted molar refractivity (Wildman–Crippen MR) is 122 cm³/mol. The van der Waals surface area contributed by atoms with Crippen molar-refractivity contribution in [2.24, 2.45) is 0 Å².